The molecule has 0 saturated carbocycles. The molecule has 0 radical (unpaired) electrons. The van der Waals surface area contributed by atoms with E-state index in [4.69, 9.17) is 0 Å². The van der Waals surface area contributed by atoms with Gasteiger partial charge in [0.1, 0.15) is 5.75 Å². The summed E-state index contributed by atoms with van der Waals surface area (Å²) in [6.45, 7) is 3.64. The molecule has 1 aliphatic rings. The second-order valence-corrected chi connectivity index (χ2v) is 5.36. The van der Waals surface area contributed by atoms with Crippen LogP contribution in [0.2, 0.25) is 0 Å². The number of piperidine rings is 1. The number of nitrogens with zero attached hydrogens (tertiary/aromatic N) is 1. The second kappa shape index (κ2) is 6.16. The van der Waals surface area contributed by atoms with Crippen molar-refractivity contribution in [2.75, 3.05) is 25.4 Å². The van der Waals surface area contributed by atoms with Gasteiger partial charge in [0.25, 0.3) is 0 Å². The zero-order chi connectivity index (χ0) is 11.2. The van der Waals surface area contributed by atoms with Crippen molar-refractivity contribution in [2.45, 2.75) is 24.2 Å². The highest BCUT2D eigenvalue weighted by molar-refractivity contribution is 7.99. The van der Waals surface area contributed by atoms with Crippen LogP contribution < -0.4 is 0 Å². The molecule has 88 valence electrons. The van der Waals surface area contributed by atoms with Crippen LogP contribution in [0.15, 0.2) is 29.2 Å². The average Bonchev–Trinajstić information content (AvgIpc) is 2.33. The quantitative estimate of drug-likeness (QED) is 0.814. The molecule has 0 aliphatic carbocycles. The summed E-state index contributed by atoms with van der Waals surface area (Å²) in [5.74, 6) is 1.48. The molecule has 0 unspecified atom stereocenters. The maximum atomic E-state index is 9.61. The van der Waals surface area contributed by atoms with E-state index in [0.29, 0.717) is 5.75 Å². The van der Waals surface area contributed by atoms with Gasteiger partial charge < -0.3 is 10.0 Å². The molecule has 0 aromatic heterocycles. The van der Waals surface area contributed by atoms with Gasteiger partial charge in [-0.3, -0.25) is 0 Å². The van der Waals surface area contributed by atoms with Crippen molar-refractivity contribution in [3.05, 3.63) is 24.3 Å². The van der Waals surface area contributed by atoms with Crippen LogP contribution in [0.3, 0.4) is 0 Å². The van der Waals surface area contributed by atoms with Crippen LogP contribution in [-0.2, 0) is 0 Å². The Morgan fingerprint density at radius 3 is 2.62 bits per heavy atom. The standard InChI is InChI=1S/C13H19NOS/c15-12-6-2-3-7-13(12)16-11-10-14-8-4-1-5-9-14/h2-3,6-7,15H,1,4-5,8-11H2. The first-order valence-electron chi connectivity index (χ1n) is 5.99. The minimum Gasteiger partial charge on any atom is -0.507 e. The van der Waals surface area contributed by atoms with E-state index < -0.39 is 0 Å². The first-order chi connectivity index (χ1) is 7.86. The van der Waals surface area contributed by atoms with Gasteiger partial charge in [0.05, 0.1) is 0 Å². The predicted octanol–water partition coefficient (Wildman–Crippen LogP) is 2.97. The Hall–Kier alpha value is -0.670. The van der Waals surface area contributed by atoms with Gasteiger partial charge in [0.15, 0.2) is 0 Å². The number of rotatable bonds is 4. The fourth-order valence-corrected chi connectivity index (χ4v) is 3.01. The lowest BCUT2D eigenvalue weighted by Gasteiger charge is -2.26. The van der Waals surface area contributed by atoms with E-state index in [-0.39, 0.29) is 0 Å². The van der Waals surface area contributed by atoms with Crippen molar-refractivity contribution < 1.29 is 5.11 Å². The van der Waals surface area contributed by atoms with Gasteiger partial charge in [0.2, 0.25) is 0 Å². The van der Waals surface area contributed by atoms with Crippen molar-refractivity contribution in [3.8, 4) is 5.75 Å². The van der Waals surface area contributed by atoms with Crippen molar-refractivity contribution >= 4 is 11.8 Å². The van der Waals surface area contributed by atoms with Crippen molar-refractivity contribution in [1.82, 2.24) is 4.90 Å². The third kappa shape index (κ3) is 3.42. The maximum absolute atomic E-state index is 9.61. The minimum absolute atomic E-state index is 0.408. The van der Waals surface area contributed by atoms with Crippen LogP contribution >= 0.6 is 11.8 Å². The van der Waals surface area contributed by atoms with Crippen molar-refractivity contribution in [3.63, 3.8) is 0 Å². The van der Waals surface area contributed by atoms with E-state index in [2.05, 4.69) is 4.90 Å². The Kier molecular flexibility index (Phi) is 4.55. The summed E-state index contributed by atoms with van der Waals surface area (Å²) in [5.41, 5.74) is 0. The number of benzene rings is 1. The minimum atomic E-state index is 0.408. The summed E-state index contributed by atoms with van der Waals surface area (Å²) in [6.07, 6.45) is 4.09. The Labute approximate surface area is 102 Å². The largest absolute Gasteiger partial charge is 0.507 e. The Morgan fingerprint density at radius 2 is 1.88 bits per heavy atom. The number of likely N-dealkylation sites (tertiary alicyclic amines) is 1. The SMILES string of the molecule is Oc1ccccc1SCCN1CCCCC1. The van der Waals surface area contributed by atoms with Gasteiger partial charge in [-0.25, -0.2) is 0 Å². The Bertz CT molecular complexity index is 323. The summed E-state index contributed by atoms with van der Waals surface area (Å²) in [4.78, 5) is 3.52. The first kappa shape index (κ1) is 11.8. The van der Waals surface area contributed by atoms with Crippen LogP contribution in [0.5, 0.6) is 5.75 Å². The van der Waals surface area contributed by atoms with Gasteiger partial charge >= 0.3 is 0 Å². The maximum Gasteiger partial charge on any atom is 0.129 e. The number of hydrogen-bond acceptors (Lipinski definition) is 3. The predicted molar refractivity (Wildman–Crippen MR) is 69.1 cm³/mol. The van der Waals surface area contributed by atoms with E-state index in [1.807, 2.05) is 18.2 Å². The number of phenolic OH excluding ortho intramolecular Hbond substituents is 1. The topological polar surface area (TPSA) is 23.5 Å². The monoisotopic (exact) mass is 237 g/mol. The lowest BCUT2D eigenvalue weighted by Crippen LogP contribution is -2.31. The van der Waals surface area contributed by atoms with Crippen LogP contribution in [0.4, 0.5) is 0 Å². The number of thioether (sulfide) groups is 1. The molecule has 2 nitrogen and oxygen atoms in total. The highest BCUT2D eigenvalue weighted by Gasteiger charge is 2.09. The third-order valence-electron chi connectivity index (χ3n) is 2.98. The Morgan fingerprint density at radius 1 is 1.12 bits per heavy atom. The van der Waals surface area contributed by atoms with E-state index in [0.717, 1.165) is 17.2 Å². The molecular weight excluding hydrogens is 218 g/mol. The van der Waals surface area contributed by atoms with Gasteiger partial charge in [-0.05, 0) is 38.1 Å². The second-order valence-electron chi connectivity index (χ2n) is 4.22. The van der Waals surface area contributed by atoms with E-state index in [1.54, 1.807) is 17.8 Å². The van der Waals surface area contributed by atoms with E-state index in [9.17, 15) is 5.11 Å². The molecule has 0 bridgehead atoms. The summed E-state index contributed by atoms with van der Waals surface area (Å²) in [7, 11) is 0. The van der Waals surface area contributed by atoms with E-state index in [1.165, 1.54) is 32.4 Å². The Balaban J connectivity index is 1.73. The molecule has 1 aromatic carbocycles. The van der Waals surface area contributed by atoms with Crippen molar-refractivity contribution in [2.24, 2.45) is 0 Å². The molecule has 1 aromatic rings. The molecule has 1 saturated heterocycles. The molecule has 1 fully saturated rings. The van der Waals surface area contributed by atoms with Crippen LogP contribution in [0.1, 0.15) is 19.3 Å². The van der Waals surface area contributed by atoms with Gasteiger partial charge in [0, 0.05) is 17.2 Å². The van der Waals surface area contributed by atoms with Crippen LogP contribution in [-0.4, -0.2) is 35.4 Å². The summed E-state index contributed by atoms with van der Waals surface area (Å²) in [5, 5.41) is 9.61. The van der Waals surface area contributed by atoms with E-state index >= 15 is 0 Å². The molecule has 16 heavy (non-hydrogen) atoms. The molecule has 1 aliphatic heterocycles. The lowest BCUT2D eigenvalue weighted by molar-refractivity contribution is 0.242. The molecule has 1 N–H and O–H groups in total. The smallest absolute Gasteiger partial charge is 0.129 e. The molecule has 1 heterocycles. The first-order valence-corrected chi connectivity index (χ1v) is 6.98. The third-order valence-corrected chi connectivity index (χ3v) is 4.02. The molecule has 0 amide bonds. The number of para-hydroxylation sites is 1. The van der Waals surface area contributed by atoms with Crippen molar-refractivity contribution in [1.29, 1.82) is 0 Å². The molecule has 3 heteroatoms. The fourth-order valence-electron chi connectivity index (χ4n) is 2.05. The molecule has 0 spiro atoms. The van der Waals surface area contributed by atoms with Crippen LogP contribution in [0, 0.1) is 0 Å². The van der Waals surface area contributed by atoms with Gasteiger partial charge in [-0.1, -0.05) is 18.6 Å². The summed E-state index contributed by atoms with van der Waals surface area (Å²) < 4.78 is 0. The van der Waals surface area contributed by atoms with Crippen LogP contribution in [0.25, 0.3) is 0 Å². The van der Waals surface area contributed by atoms with Gasteiger partial charge in [-0.15, -0.1) is 11.8 Å². The highest BCUT2D eigenvalue weighted by atomic mass is 32.2. The fraction of sp³-hybridized carbons (Fsp3) is 0.538. The normalized spacial score (nSPS) is 17.5. The molecular formula is C13H19NOS. The number of aromatic hydroxyl groups is 1. The molecule has 2 rings (SSSR count). The number of hydrogen-bond donors (Lipinski definition) is 1. The average molecular weight is 237 g/mol. The highest BCUT2D eigenvalue weighted by Crippen LogP contribution is 2.27. The summed E-state index contributed by atoms with van der Waals surface area (Å²) in [6, 6.07) is 7.58. The van der Waals surface area contributed by atoms with Gasteiger partial charge in [-0.2, -0.15) is 0 Å². The zero-order valence-corrected chi connectivity index (χ0v) is 10.4. The number of phenols is 1. The molecule has 0 atom stereocenters. The summed E-state index contributed by atoms with van der Waals surface area (Å²) >= 11 is 1.75. The zero-order valence-electron chi connectivity index (χ0n) is 9.56. The lowest BCUT2D eigenvalue weighted by atomic mass is 10.1.